The van der Waals surface area contributed by atoms with E-state index < -0.39 is 53.2 Å². The molecule has 0 amide bonds. The molecule has 0 atom stereocenters. The summed E-state index contributed by atoms with van der Waals surface area (Å²) in [6.45, 7) is 3.54. The lowest BCUT2D eigenvalue weighted by Gasteiger charge is -2.10. The number of nitro benzene ring substituents is 1. The third-order valence-corrected chi connectivity index (χ3v) is 4.51. The number of esters is 2. The van der Waals surface area contributed by atoms with Gasteiger partial charge in [-0.1, -0.05) is 0 Å². The molecule has 0 aliphatic carbocycles. The highest BCUT2D eigenvalue weighted by Gasteiger charge is 2.33. The lowest BCUT2D eigenvalue weighted by Crippen LogP contribution is -2.21. The van der Waals surface area contributed by atoms with Crippen LogP contribution in [0.1, 0.15) is 44.6 Å². The molecule has 178 valence electrons. The number of Topliss-reactive ketones (excluding diaryl/α,β-unsaturated/α-hetero) is 1. The number of ether oxygens (including phenoxy) is 2. The van der Waals surface area contributed by atoms with Gasteiger partial charge >= 0.3 is 18.1 Å². The van der Waals surface area contributed by atoms with E-state index in [1.807, 2.05) is 0 Å². The first-order chi connectivity index (χ1) is 15.4. The van der Waals surface area contributed by atoms with Crippen molar-refractivity contribution in [3.8, 4) is 0 Å². The number of alkyl halides is 3. The number of H-pyrrole nitrogens is 1. The molecule has 0 aliphatic rings. The Balaban J connectivity index is 2.02. The Kier molecular flexibility index (Phi) is 7.80. The summed E-state index contributed by atoms with van der Waals surface area (Å²) < 4.78 is 48.0. The van der Waals surface area contributed by atoms with Crippen LogP contribution in [-0.4, -0.2) is 47.4 Å². The number of nitrogens with one attached hydrogen (secondary N) is 2. The van der Waals surface area contributed by atoms with E-state index in [4.69, 9.17) is 9.47 Å². The number of halogens is 3. The molecule has 0 aliphatic heterocycles. The van der Waals surface area contributed by atoms with Crippen molar-refractivity contribution in [2.24, 2.45) is 0 Å². The molecule has 2 N–H and O–H groups in total. The van der Waals surface area contributed by atoms with Gasteiger partial charge in [0.25, 0.3) is 5.69 Å². The van der Waals surface area contributed by atoms with Gasteiger partial charge < -0.3 is 19.8 Å². The molecule has 1 heterocycles. The van der Waals surface area contributed by atoms with Gasteiger partial charge in [0, 0.05) is 11.8 Å². The van der Waals surface area contributed by atoms with Gasteiger partial charge in [-0.3, -0.25) is 19.7 Å². The zero-order chi connectivity index (χ0) is 24.9. The summed E-state index contributed by atoms with van der Waals surface area (Å²) in [5.74, 6) is -2.23. The van der Waals surface area contributed by atoms with Crippen molar-refractivity contribution in [1.29, 1.82) is 0 Å². The SMILES string of the molecule is CCOC(=O)c1c(C)[nH]c(C(=O)COC(=O)CNc2ccc(C(F)(F)F)cc2[N+](=O)[O-])c1C. The smallest absolute Gasteiger partial charge is 0.416 e. The van der Waals surface area contributed by atoms with E-state index >= 15 is 0 Å². The molecule has 10 nitrogen and oxygen atoms in total. The normalized spacial score (nSPS) is 11.1. The zero-order valence-corrected chi connectivity index (χ0v) is 17.8. The maximum Gasteiger partial charge on any atom is 0.416 e. The fourth-order valence-electron chi connectivity index (χ4n) is 2.98. The van der Waals surface area contributed by atoms with Crippen LogP contribution in [0.15, 0.2) is 18.2 Å². The van der Waals surface area contributed by atoms with Gasteiger partial charge in [-0.2, -0.15) is 13.2 Å². The number of ketones is 1. The van der Waals surface area contributed by atoms with E-state index in [9.17, 15) is 37.7 Å². The predicted molar refractivity (Wildman–Crippen MR) is 108 cm³/mol. The van der Waals surface area contributed by atoms with Gasteiger partial charge in [0.05, 0.1) is 28.4 Å². The molecule has 1 aromatic carbocycles. The van der Waals surface area contributed by atoms with Gasteiger partial charge in [-0.05, 0) is 38.5 Å². The highest BCUT2D eigenvalue weighted by molar-refractivity contribution is 6.02. The average molecular weight is 471 g/mol. The molecule has 0 radical (unpaired) electrons. The molecule has 1 aromatic heterocycles. The molecule has 0 saturated heterocycles. The summed E-state index contributed by atoms with van der Waals surface area (Å²) >= 11 is 0. The molecular weight excluding hydrogens is 451 g/mol. The molecule has 0 saturated carbocycles. The van der Waals surface area contributed by atoms with Crippen molar-refractivity contribution in [2.45, 2.75) is 26.9 Å². The number of hydrogen-bond donors (Lipinski definition) is 2. The Hall–Kier alpha value is -3.90. The highest BCUT2D eigenvalue weighted by Crippen LogP contribution is 2.34. The minimum atomic E-state index is -4.77. The second-order valence-corrected chi connectivity index (χ2v) is 6.77. The Labute approximate surface area is 185 Å². The van der Waals surface area contributed by atoms with Crippen molar-refractivity contribution >= 4 is 29.1 Å². The predicted octanol–water partition coefficient (Wildman–Crippen LogP) is 3.57. The molecule has 13 heteroatoms. The molecule has 0 fully saturated rings. The van der Waals surface area contributed by atoms with E-state index in [1.165, 1.54) is 6.92 Å². The molecule has 2 rings (SSSR count). The standard InChI is InChI=1S/C20H20F3N3O7/c1-4-32-19(29)17-10(2)18(25-11(17)3)15(27)9-33-16(28)8-24-13-6-5-12(20(21,22)23)7-14(13)26(30)31/h5-7,24-25H,4,8-9H2,1-3H3. The molecule has 0 bridgehead atoms. The number of benzene rings is 1. The zero-order valence-electron chi connectivity index (χ0n) is 17.8. The van der Waals surface area contributed by atoms with Crippen LogP contribution in [0.5, 0.6) is 0 Å². The van der Waals surface area contributed by atoms with Gasteiger partial charge in [-0.15, -0.1) is 0 Å². The lowest BCUT2D eigenvalue weighted by atomic mass is 10.1. The number of aryl methyl sites for hydroxylation is 1. The van der Waals surface area contributed by atoms with Crippen molar-refractivity contribution < 1.29 is 42.0 Å². The quantitative estimate of drug-likeness (QED) is 0.245. The number of carbonyl (C=O) groups is 3. The largest absolute Gasteiger partial charge is 0.462 e. The van der Waals surface area contributed by atoms with Gasteiger partial charge in [0.1, 0.15) is 12.2 Å². The molecule has 2 aromatic rings. The van der Waals surface area contributed by atoms with Crippen LogP contribution in [-0.2, 0) is 20.4 Å². The van der Waals surface area contributed by atoms with Gasteiger partial charge in [0.15, 0.2) is 6.61 Å². The molecule has 33 heavy (non-hydrogen) atoms. The van der Waals surface area contributed by atoms with Crippen LogP contribution >= 0.6 is 0 Å². The molecule has 0 spiro atoms. The summed E-state index contributed by atoms with van der Waals surface area (Å²) in [6, 6.07) is 1.79. The Morgan fingerprint density at radius 1 is 1.18 bits per heavy atom. The van der Waals surface area contributed by atoms with Gasteiger partial charge in [0.2, 0.25) is 5.78 Å². The van der Waals surface area contributed by atoms with Crippen molar-refractivity contribution in [3.63, 3.8) is 0 Å². The van der Waals surface area contributed by atoms with Crippen molar-refractivity contribution in [3.05, 3.63) is 56.4 Å². The topological polar surface area (TPSA) is 141 Å². The summed E-state index contributed by atoms with van der Waals surface area (Å²) in [4.78, 5) is 49.1. The molecular formula is C20H20F3N3O7. The van der Waals surface area contributed by atoms with Crippen LogP contribution in [0.2, 0.25) is 0 Å². The number of aromatic nitrogens is 1. The Morgan fingerprint density at radius 2 is 1.85 bits per heavy atom. The maximum absolute atomic E-state index is 12.8. The van der Waals surface area contributed by atoms with E-state index in [0.29, 0.717) is 23.4 Å². The number of carbonyl (C=O) groups excluding carboxylic acids is 3. The minimum Gasteiger partial charge on any atom is -0.462 e. The van der Waals surface area contributed by atoms with E-state index in [2.05, 4.69) is 10.3 Å². The molecule has 0 unspecified atom stereocenters. The first-order valence-corrected chi connectivity index (χ1v) is 9.51. The second-order valence-electron chi connectivity index (χ2n) is 6.77. The fraction of sp³-hybridized carbons (Fsp3) is 0.350. The second kappa shape index (κ2) is 10.1. The van der Waals surface area contributed by atoms with E-state index in [1.54, 1.807) is 13.8 Å². The van der Waals surface area contributed by atoms with Crippen LogP contribution < -0.4 is 5.32 Å². The lowest BCUT2D eigenvalue weighted by molar-refractivity contribution is -0.384. The van der Waals surface area contributed by atoms with E-state index in [-0.39, 0.29) is 23.6 Å². The first kappa shape index (κ1) is 25.4. The van der Waals surface area contributed by atoms with Crippen LogP contribution in [0.3, 0.4) is 0 Å². The van der Waals surface area contributed by atoms with Gasteiger partial charge in [-0.25, -0.2) is 4.79 Å². The van der Waals surface area contributed by atoms with Crippen molar-refractivity contribution in [1.82, 2.24) is 4.98 Å². The Bertz CT molecular complexity index is 1090. The van der Waals surface area contributed by atoms with Crippen LogP contribution in [0, 0.1) is 24.0 Å². The minimum absolute atomic E-state index is 0.0506. The monoisotopic (exact) mass is 471 g/mol. The number of anilines is 1. The average Bonchev–Trinajstić information content (AvgIpc) is 3.03. The third kappa shape index (κ3) is 6.08. The summed E-state index contributed by atoms with van der Waals surface area (Å²) in [7, 11) is 0. The first-order valence-electron chi connectivity index (χ1n) is 9.51. The maximum atomic E-state index is 12.8. The van der Waals surface area contributed by atoms with Crippen LogP contribution in [0.25, 0.3) is 0 Å². The number of rotatable bonds is 9. The Morgan fingerprint density at radius 3 is 2.42 bits per heavy atom. The van der Waals surface area contributed by atoms with Crippen molar-refractivity contribution in [2.75, 3.05) is 25.1 Å². The van der Waals surface area contributed by atoms with E-state index in [0.717, 1.165) is 6.07 Å². The summed E-state index contributed by atoms with van der Waals surface area (Å²) in [5, 5.41) is 13.4. The highest BCUT2D eigenvalue weighted by atomic mass is 19.4. The summed E-state index contributed by atoms with van der Waals surface area (Å²) in [6.07, 6.45) is -4.77. The number of hydrogen-bond acceptors (Lipinski definition) is 8. The third-order valence-electron chi connectivity index (χ3n) is 4.51. The van der Waals surface area contributed by atoms with Crippen LogP contribution in [0.4, 0.5) is 24.5 Å². The number of nitro groups is 1. The number of nitrogens with zero attached hydrogens (tertiary/aromatic N) is 1. The summed E-state index contributed by atoms with van der Waals surface area (Å²) in [5.41, 5.74) is -1.45. The number of aromatic amines is 1. The fourth-order valence-corrected chi connectivity index (χ4v) is 2.98.